The highest BCUT2D eigenvalue weighted by atomic mass is 14.7. The lowest BCUT2D eigenvalue weighted by Crippen LogP contribution is -1.78. The lowest BCUT2D eigenvalue weighted by atomic mass is 10.0. The largest absolute Gasteiger partial charge is 0.361 e. The van der Waals surface area contributed by atoms with E-state index in [1.807, 2.05) is 24.4 Å². The molecule has 0 amide bonds. The Bertz CT molecular complexity index is 578. The third kappa shape index (κ3) is 1.33. The number of rotatable bonds is 1. The molecular weight excluding hydrogens is 182 g/mol. The minimum Gasteiger partial charge on any atom is -0.361 e. The van der Waals surface area contributed by atoms with E-state index in [1.165, 1.54) is 16.5 Å². The van der Waals surface area contributed by atoms with Gasteiger partial charge in [-0.2, -0.15) is 0 Å². The lowest BCUT2D eigenvalue weighted by molar-refractivity contribution is 1.48. The highest BCUT2D eigenvalue weighted by Gasteiger charge is 2.02. The summed E-state index contributed by atoms with van der Waals surface area (Å²) in [5.74, 6) is 0. The Balaban J connectivity index is 2.31. The molecule has 0 aliphatic heterocycles. The number of benzene rings is 2. The average molecular weight is 192 g/mol. The van der Waals surface area contributed by atoms with Crippen molar-refractivity contribution in [2.24, 2.45) is 0 Å². The predicted octanol–water partition coefficient (Wildman–Crippen LogP) is 3.64. The maximum Gasteiger partial charge on any atom is 0.0460 e. The van der Waals surface area contributed by atoms with Crippen molar-refractivity contribution in [2.45, 2.75) is 0 Å². The molecule has 15 heavy (non-hydrogen) atoms. The molecule has 1 heteroatoms. The van der Waals surface area contributed by atoms with E-state index >= 15 is 0 Å². The van der Waals surface area contributed by atoms with E-state index in [1.54, 1.807) is 0 Å². The number of hydrogen-bond acceptors (Lipinski definition) is 0. The van der Waals surface area contributed by atoms with E-state index in [0.717, 1.165) is 5.56 Å². The molecule has 1 N–H and O–H groups in total. The summed E-state index contributed by atoms with van der Waals surface area (Å²) in [5.41, 5.74) is 3.54. The molecule has 0 aliphatic carbocycles. The van der Waals surface area contributed by atoms with Gasteiger partial charge in [0, 0.05) is 17.1 Å². The Labute approximate surface area is 88.4 Å². The van der Waals surface area contributed by atoms with Crippen molar-refractivity contribution in [3.05, 3.63) is 60.8 Å². The first-order valence-corrected chi connectivity index (χ1v) is 4.98. The number of H-pyrrole nitrogens is 1. The van der Waals surface area contributed by atoms with Crippen LogP contribution in [0.15, 0.2) is 54.7 Å². The molecule has 0 aliphatic rings. The molecule has 0 spiro atoms. The zero-order valence-electron chi connectivity index (χ0n) is 8.20. The third-order valence-corrected chi connectivity index (χ3v) is 2.59. The molecule has 71 valence electrons. The second-order valence-corrected chi connectivity index (χ2v) is 3.52. The fourth-order valence-corrected chi connectivity index (χ4v) is 1.88. The van der Waals surface area contributed by atoms with Crippen LogP contribution in [-0.2, 0) is 0 Å². The van der Waals surface area contributed by atoms with Gasteiger partial charge in [0.1, 0.15) is 0 Å². The minimum atomic E-state index is 1.14. The second kappa shape index (κ2) is 3.28. The molecule has 0 bridgehead atoms. The molecule has 0 fully saturated rings. The van der Waals surface area contributed by atoms with Crippen LogP contribution < -0.4 is 0 Å². The Morgan fingerprint density at radius 3 is 2.80 bits per heavy atom. The summed E-state index contributed by atoms with van der Waals surface area (Å²) >= 11 is 0. The molecule has 3 rings (SSSR count). The fraction of sp³-hybridized carbons (Fsp3) is 0. The highest BCUT2D eigenvalue weighted by Crippen LogP contribution is 2.27. The molecule has 0 unspecified atom stereocenters. The Kier molecular flexibility index (Phi) is 1.82. The van der Waals surface area contributed by atoms with Crippen LogP contribution in [-0.4, -0.2) is 4.98 Å². The first kappa shape index (κ1) is 8.30. The summed E-state index contributed by atoms with van der Waals surface area (Å²) in [6.45, 7) is 0. The van der Waals surface area contributed by atoms with Gasteiger partial charge in [-0.25, -0.2) is 0 Å². The number of hydrogen-bond donors (Lipinski definition) is 1. The van der Waals surface area contributed by atoms with Crippen molar-refractivity contribution in [3.8, 4) is 11.1 Å². The minimum absolute atomic E-state index is 1.14. The summed E-state index contributed by atoms with van der Waals surface area (Å²) in [4.78, 5) is 3.22. The van der Waals surface area contributed by atoms with Crippen molar-refractivity contribution in [1.29, 1.82) is 0 Å². The van der Waals surface area contributed by atoms with Gasteiger partial charge in [-0.1, -0.05) is 36.4 Å². The van der Waals surface area contributed by atoms with Crippen molar-refractivity contribution in [2.75, 3.05) is 0 Å². The van der Waals surface area contributed by atoms with Crippen molar-refractivity contribution in [1.82, 2.24) is 4.98 Å². The van der Waals surface area contributed by atoms with E-state index in [9.17, 15) is 0 Å². The summed E-state index contributed by atoms with van der Waals surface area (Å²) in [6, 6.07) is 19.7. The molecule has 0 saturated carbocycles. The SMILES string of the molecule is [c]1ccccc1-c1cccc2[nH]ccc12. The van der Waals surface area contributed by atoms with Crippen molar-refractivity contribution < 1.29 is 0 Å². The van der Waals surface area contributed by atoms with Crippen molar-refractivity contribution in [3.63, 3.8) is 0 Å². The van der Waals surface area contributed by atoms with Crippen LogP contribution in [0.1, 0.15) is 0 Å². The van der Waals surface area contributed by atoms with Gasteiger partial charge in [0.2, 0.25) is 0 Å². The van der Waals surface area contributed by atoms with Gasteiger partial charge >= 0.3 is 0 Å². The smallest absolute Gasteiger partial charge is 0.0460 e. The van der Waals surface area contributed by atoms with Crippen LogP contribution in [0.2, 0.25) is 0 Å². The Morgan fingerprint density at radius 1 is 0.933 bits per heavy atom. The number of aromatic amines is 1. The zero-order chi connectivity index (χ0) is 10.1. The molecule has 1 radical (unpaired) electrons. The fourth-order valence-electron chi connectivity index (χ4n) is 1.88. The van der Waals surface area contributed by atoms with E-state index in [0.29, 0.717) is 0 Å². The van der Waals surface area contributed by atoms with E-state index < -0.39 is 0 Å². The van der Waals surface area contributed by atoms with Gasteiger partial charge in [-0.15, -0.1) is 0 Å². The van der Waals surface area contributed by atoms with Crippen LogP contribution in [0.25, 0.3) is 22.0 Å². The molecule has 1 nitrogen and oxygen atoms in total. The standard InChI is InChI=1S/C14H10N/c1-2-5-11(6-3-1)12-7-4-8-14-13(12)9-10-15-14/h1-5,7-10,15H. The maximum atomic E-state index is 3.25. The number of aromatic nitrogens is 1. The number of nitrogens with one attached hydrogen (secondary N) is 1. The van der Waals surface area contributed by atoms with Gasteiger partial charge in [-0.3, -0.25) is 0 Å². The van der Waals surface area contributed by atoms with Crippen LogP contribution in [0, 0.1) is 6.07 Å². The molecule has 0 atom stereocenters. The van der Waals surface area contributed by atoms with Crippen LogP contribution in [0.3, 0.4) is 0 Å². The summed E-state index contributed by atoms with van der Waals surface area (Å²) < 4.78 is 0. The monoisotopic (exact) mass is 192 g/mol. The summed E-state index contributed by atoms with van der Waals surface area (Å²) in [7, 11) is 0. The third-order valence-electron chi connectivity index (χ3n) is 2.59. The predicted molar refractivity (Wildman–Crippen MR) is 62.6 cm³/mol. The van der Waals surface area contributed by atoms with Gasteiger partial charge < -0.3 is 4.98 Å². The maximum absolute atomic E-state index is 3.25. The van der Waals surface area contributed by atoms with E-state index in [4.69, 9.17) is 0 Å². The molecule has 1 aromatic heterocycles. The molecular formula is C14H10N. The lowest BCUT2D eigenvalue weighted by Gasteiger charge is -2.02. The van der Waals surface area contributed by atoms with Gasteiger partial charge in [0.15, 0.2) is 0 Å². The van der Waals surface area contributed by atoms with Crippen LogP contribution >= 0.6 is 0 Å². The quantitative estimate of drug-likeness (QED) is 0.606. The molecule has 3 aromatic rings. The van der Waals surface area contributed by atoms with Gasteiger partial charge in [-0.05, 0) is 29.3 Å². The van der Waals surface area contributed by atoms with Crippen molar-refractivity contribution >= 4 is 10.9 Å². The Morgan fingerprint density at radius 2 is 1.93 bits per heavy atom. The topological polar surface area (TPSA) is 15.8 Å². The first-order valence-electron chi connectivity index (χ1n) is 4.98. The van der Waals surface area contributed by atoms with Crippen LogP contribution in [0.4, 0.5) is 0 Å². The van der Waals surface area contributed by atoms with E-state index in [-0.39, 0.29) is 0 Å². The summed E-state index contributed by atoms with van der Waals surface area (Å²) in [6.07, 6.45) is 1.97. The average Bonchev–Trinajstić information content (AvgIpc) is 2.78. The van der Waals surface area contributed by atoms with E-state index in [2.05, 4.69) is 41.4 Å². The normalized spacial score (nSPS) is 10.7. The second-order valence-electron chi connectivity index (χ2n) is 3.52. The highest BCUT2D eigenvalue weighted by molar-refractivity contribution is 5.94. The molecule has 0 saturated heterocycles. The number of fused-ring (bicyclic) bond motifs is 1. The van der Waals surface area contributed by atoms with Gasteiger partial charge in [0.25, 0.3) is 0 Å². The van der Waals surface area contributed by atoms with Crippen LogP contribution in [0.5, 0.6) is 0 Å². The first-order chi connectivity index (χ1) is 7.45. The molecule has 1 heterocycles. The zero-order valence-corrected chi connectivity index (χ0v) is 8.20. The summed E-state index contributed by atoms with van der Waals surface area (Å²) in [5, 5.41) is 1.25. The Hall–Kier alpha value is -2.02. The molecule has 2 aromatic carbocycles. The van der Waals surface area contributed by atoms with Gasteiger partial charge in [0.05, 0.1) is 0 Å².